The molecule has 0 aromatic heterocycles. The molecule has 0 radical (unpaired) electrons. The molecule has 0 saturated carbocycles. The lowest BCUT2D eigenvalue weighted by molar-refractivity contribution is -0.128. The molecule has 0 fully saturated rings. The Morgan fingerprint density at radius 2 is 1.89 bits per heavy atom. The van der Waals surface area contributed by atoms with Gasteiger partial charge in [0.05, 0.1) is 6.54 Å². The molecule has 0 atom stereocenters. The van der Waals surface area contributed by atoms with E-state index in [1.807, 2.05) is 7.05 Å². The number of rotatable bonds is 5. The van der Waals surface area contributed by atoms with E-state index in [4.69, 9.17) is 0 Å². The van der Waals surface area contributed by atoms with Gasteiger partial charge in [-0.15, -0.1) is 0 Å². The van der Waals surface area contributed by atoms with Crippen LogP contribution in [0.2, 0.25) is 0 Å². The van der Waals surface area contributed by atoms with Gasteiger partial charge in [-0.3, -0.25) is 4.79 Å². The molecule has 1 rings (SSSR count). The zero-order chi connectivity index (χ0) is 13.7. The average molecular weight is 248 g/mol. The van der Waals surface area contributed by atoms with Crippen LogP contribution in [-0.4, -0.2) is 38.0 Å². The molecule has 0 aliphatic carbocycles. The van der Waals surface area contributed by atoms with Crippen LogP contribution >= 0.6 is 0 Å². The number of likely N-dealkylation sites (N-methyl/N-ethyl adjacent to an activating group) is 2. The molecule has 3 nitrogen and oxygen atoms in total. The van der Waals surface area contributed by atoms with Crippen molar-refractivity contribution in [1.29, 1.82) is 0 Å². The molecule has 0 heterocycles. The van der Waals surface area contributed by atoms with E-state index in [0.29, 0.717) is 6.54 Å². The van der Waals surface area contributed by atoms with E-state index < -0.39 is 0 Å². The fourth-order valence-electron chi connectivity index (χ4n) is 1.98. The molecule has 3 heteroatoms. The molecule has 18 heavy (non-hydrogen) atoms. The molecule has 0 bridgehead atoms. The summed E-state index contributed by atoms with van der Waals surface area (Å²) >= 11 is 0. The van der Waals surface area contributed by atoms with Crippen LogP contribution in [0.5, 0.6) is 0 Å². The number of carbonyl (C=O) groups excluding carboxylic acids is 1. The SMILES string of the molecule is CNCC(=O)N(C)CCc1ccc(C)c(C)c1C. The Bertz CT molecular complexity index is 427. The molecule has 1 amide bonds. The van der Waals surface area contributed by atoms with E-state index in [1.54, 1.807) is 11.9 Å². The van der Waals surface area contributed by atoms with Crippen LogP contribution < -0.4 is 5.32 Å². The van der Waals surface area contributed by atoms with Crippen molar-refractivity contribution in [2.75, 3.05) is 27.2 Å². The monoisotopic (exact) mass is 248 g/mol. The Balaban J connectivity index is 2.64. The maximum Gasteiger partial charge on any atom is 0.236 e. The van der Waals surface area contributed by atoms with Crippen molar-refractivity contribution >= 4 is 5.91 Å². The molecular formula is C15H24N2O. The molecule has 1 aromatic carbocycles. The molecule has 100 valence electrons. The highest BCUT2D eigenvalue weighted by molar-refractivity contribution is 5.77. The Kier molecular flexibility index (Phi) is 5.35. The van der Waals surface area contributed by atoms with E-state index in [9.17, 15) is 4.79 Å². The van der Waals surface area contributed by atoms with Gasteiger partial charge in [-0.25, -0.2) is 0 Å². The number of hydrogen-bond acceptors (Lipinski definition) is 2. The first kappa shape index (κ1) is 14.7. The van der Waals surface area contributed by atoms with Gasteiger partial charge in [0.15, 0.2) is 0 Å². The third-order valence-corrected chi connectivity index (χ3v) is 3.64. The van der Waals surface area contributed by atoms with Crippen LogP contribution in [0.3, 0.4) is 0 Å². The van der Waals surface area contributed by atoms with Crippen LogP contribution in [-0.2, 0) is 11.2 Å². The summed E-state index contributed by atoms with van der Waals surface area (Å²) in [6.07, 6.45) is 0.916. The van der Waals surface area contributed by atoms with E-state index in [2.05, 4.69) is 38.2 Å². The maximum atomic E-state index is 11.6. The van der Waals surface area contributed by atoms with Gasteiger partial charge in [-0.1, -0.05) is 12.1 Å². The van der Waals surface area contributed by atoms with Gasteiger partial charge >= 0.3 is 0 Å². The summed E-state index contributed by atoms with van der Waals surface area (Å²) < 4.78 is 0. The predicted molar refractivity (Wildman–Crippen MR) is 75.9 cm³/mol. The molecule has 1 aromatic rings. The molecule has 0 spiro atoms. The van der Waals surface area contributed by atoms with Gasteiger partial charge in [-0.2, -0.15) is 0 Å². The van der Waals surface area contributed by atoms with Crippen molar-refractivity contribution in [2.24, 2.45) is 0 Å². The Morgan fingerprint density at radius 1 is 1.22 bits per heavy atom. The minimum Gasteiger partial charge on any atom is -0.344 e. The predicted octanol–water partition coefficient (Wildman–Crippen LogP) is 1.83. The van der Waals surface area contributed by atoms with Gasteiger partial charge in [-0.05, 0) is 56.5 Å². The number of carbonyl (C=O) groups is 1. The fourth-order valence-corrected chi connectivity index (χ4v) is 1.98. The number of benzene rings is 1. The number of nitrogens with zero attached hydrogens (tertiary/aromatic N) is 1. The van der Waals surface area contributed by atoms with Gasteiger partial charge in [0.1, 0.15) is 0 Å². The van der Waals surface area contributed by atoms with E-state index >= 15 is 0 Å². The highest BCUT2D eigenvalue weighted by Gasteiger charge is 2.09. The average Bonchev–Trinajstić information content (AvgIpc) is 2.35. The van der Waals surface area contributed by atoms with Gasteiger partial charge in [0, 0.05) is 13.6 Å². The third kappa shape index (κ3) is 3.57. The molecule has 0 saturated heterocycles. The third-order valence-electron chi connectivity index (χ3n) is 3.64. The number of amides is 1. The number of hydrogen-bond donors (Lipinski definition) is 1. The second-order valence-corrected chi connectivity index (χ2v) is 4.89. The quantitative estimate of drug-likeness (QED) is 0.862. The zero-order valence-electron chi connectivity index (χ0n) is 12.1. The topological polar surface area (TPSA) is 32.3 Å². The molecule has 0 aliphatic rings. The van der Waals surface area contributed by atoms with Crippen molar-refractivity contribution in [3.63, 3.8) is 0 Å². The van der Waals surface area contributed by atoms with E-state index in [-0.39, 0.29) is 5.91 Å². The second-order valence-electron chi connectivity index (χ2n) is 4.89. The first-order valence-corrected chi connectivity index (χ1v) is 6.41. The van der Waals surface area contributed by atoms with E-state index in [0.717, 1.165) is 13.0 Å². The van der Waals surface area contributed by atoms with Crippen LogP contribution in [0.1, 0.15) is 22.3 Å². The first-order chi connectivity index (χ1) is 8.47. The van der Waals surface area contributed by atoms with Crippen LogP contribution in [0.25, 0.3) is 0 Å². The summed E-state index contributed by atoms with van der Waals surface area (Å²) in [5.41, 5.74) is 5.37. The lowest BCUT2D eigenvalue weighted by atomic mass is 9.97. The van der Waals surface area contributed by atoms with E-state index in [1.165, 1.54) is 22.3 Å². The Labute approximate surface area is 110 Å². The first-order valence-electron chi connectivity index (χ1n) is 6.41. The molecule has 0 unspecified atom stereocenters. The van der Waals surface area contributed by atoms with Crippen molar-refractivity contribution in [2.45, 2.75) is 27.2 Å². The highest BCUT2D eigenvalue weighted by atomic mass is 16.2. The van der Waals surface area contributed by atoms with Gasteiger partial charge in [0.25, 0.3) is 0 Å². The summed E-state index contributed by atoms with van der Waals surface area (Å²) in [5.74, 6) is 0.138. The minimum atomic E-state index is 0.138. The molecule has 1 N–H and O–H groups in total. The van der Waals surface area contributed by atoms with Crippen LogP contribution in [0.4, 0.5) is 0 Å². The largest absolute Gasteiger partial charge is 0.344 e. The summed E-state index contributed by atoms with van der Waals surface area (Å²) in [6.45, 7) is 7.62. The highest BCUT2D eigenvalue weighted by Crippen LogP contribution is 2.17. The second kappa shape index (κ2) is 6.55. The van der Waals surface area contributed by atoms with Gasteiger partial charge < -0.3 is 10.2 Å². The number of aryl methyl sites for hydroxylation is 1. The Hall–Kier alpha value is -1.35. The van der Waals surface area contributed by atoms with Gasteiger partial charge in [0.2, 0.25) is 5.91 Å². The van der Waals surface area contributed by atoms with Crippen molar-refractivity contribution in [3.05, 3.63) is 34.4 Å². The Morgan fingerprint density at radius 3 is 2.50 bits per heavy atom. The standard InChI is InChI=1S/C15H24N2O/c1-11-6-7-14(13(3)12(11)2)8-9-17(5)15(18)10-16-4/h6-7,16H,8-10H2,1-5H3. The van der Waals surface area contributed by atoms with Crippen LogP contribution in [0, 0.1) is 20.8 Å². The number of nitrogens with one attached hydrogen (secondary N) is 1. The summed E-state index contributed by atoms with van der Waals surface area (Å²) in [6, 6.07) is 4.33. The van der Waals surface area contributed by atoms with Crippen molar-refractivity contribution in [1.82, 2.24) is 10.2 Å². The fraction of sp³-hybridized carbons (Fsp3) is 0.533. The smallest absolute Gasteiger partial charge is 0.236 e. The summed E-state index contributed by atoms with van der Waals surface area (Å²) in [7, 11) is 3.65. The lowest BCUT2D eigenvalue weighted by Gasteiger charge is -2.18. The molecular weight excluding hydrogens is 224 g/mol. The lowest BCUT2D eigenvalue weighted by Crippen LogP contribution is -2.35. The summed E-state index contributed by atoms with van der Waals surface area (Å²) in [4.78, 5) is 13.4. The van der Waals surface area contributed by atoms with Crippen molar-refractivity contribution < 1.29 is 4.79 Å². The molecule has 0 aliphatic heterocycles. The summed E-state index contributed by atoms with van der Waals surface area (Å²) in [5, 5.41) is 2.88. The van der Waals surface area contributed by atoms with Crippen LogP contribution in [0.15, 0.2) is 12.1 Å². The zero-order valence-corrected chi connectivity index (χ0v) is 12.1. The maximum absolute atomic E-state index is 11.6. The minimum absolute atomic E-state index is 0.138. The normalized spacial score (nSPS) is 10.5. The van der Waals surface area contributed by atoms with Crippen molar-refractivity contribution in [3.8, 4) is 0 Å².